The Balaban J connectivity index is 4.72. The number of nitrogens with zero attached hydrogens (tertiary/aromatic N) is 1. The maximum absolute atomic E-state index is 11.5. The molecule has 0 spiro atoms. The van der Waals surface area contributed by atoms with E-state index < -0.39 is 36.7 Å². The zero-order chi connectivity index (χ0) is 12.1. The van der Waals surface area contributed by atoms with E-state index in [0.717, 1.165) is 0 Å². The largest absolute Gasteiger partial charge is 0.394 e. The van der Waals surface area contributed by atoms with E-state index >= 15 is 0 Å². The first-order valence-corrected chi connectivity index (χ1v) is 4.44. The highest BCUT2D eigenvalue weighted by atomic mass is 16.3. The van der Waals surface area contributed by atoms with Crippen LogP contribution in [0.3, 0.4) is 0 Å². The van der Waals surface area contributed by atoms with Gasteiger partial charge in [-0.1, -0.05) is 0 Å². The predicted octanol–water partition coefficient (Wildman–Crippen LogP) is -1.63. The quantitative estimate of drug-likeness (QED) is 0.440. The van der Waals surface area contributed by atoms with Gasteiger partial charge in [0.15, 0.2) is 0 Å². The van der Waals surface area contributed by atoms with E-state index in [1.807, 2.05) is 0 Å². The molecule has 0 aliphatic carbocycles. The van der Waals surface area contributed by atoms with Crippen LogP contribution in [-0.2, 0) is 4.79 Å². The molecule has 0 saturated heterocycles. The van der Waals surface area contributed by atoms with Gasteiger partial charge in [0.1, 0.15) is 11.0 Å². The van der Waals surface area contributed by atoms with Crippen molar-refractivity contribution < 1.29 is 20.1 Å². The van der Waals surface area contributed by atoms with Crippen LogP contribution >= 0.6 is 0 Å². The Morgan fingerprint density at radius 2 is 1.67 bits per heavy atom. The molecule has 0 radical (unpaired) electrons. The maximum Gasteiger partial charge on any atom is 0.240 e. The number of carbonyl (C=O) groups is 1. The van der Waals surface area contributed by atoms with Gasteiger partial charge in [0.05, 0.1) is 25.9 Å². The lowest BCUT2D eigenvalue weighted by Crippen LogP contribution is -2.59. The van der Waals surface area contributed by atoms with Gasteiger partial charge in [0.25, 0.3) is 0 Å². The lowest BCUT2D eigenvalue weighted by molar-refractivity contribution is -0.131. The van der Waals surface area contributed by atoms with Crippen molar-refractivity contribution >= 4 is 5.91 Å². The highest BCUT2D eigenvalue weighted by Crippen LogP contribution is 2.15. The molecule has 6 heteroatoms. The fraction of sp³-hybridized carbons (Fsp3) is 0.778. The molecule has 0 aromatic rings. The SMILES string of the molecule is CC(C)(C#N)C(=O)NC(CO)(CO)CO. The molecule has 1 amide bonds. The third kappa shape index (κ3) is 3.16. The van der Waals surface area contributed by atoms with Crippen LogP contribution in [0.1, 0.15) is 13.8 Å². The Kier molecular flexibility index (Phi) is 4.68. The van der Waals surface area contributed by atoms with E-state index in [1.165, 1.54) is 13.8 Å². The number of aliphatic hydroxyl groups excluding tert-OH is 3. The topological polar surface area (TPSA) is 114 Å². The molecule has 0 atom stereocenters. The van der Waals surface area contributed by atoms with Crippen molar-refractivity contribution in [1.82, 2.24) is 5.32 Å². The van der Waals surface area contributed by atoms with E-state index in [9.17, 15) is 4.79 Å². The molecule has 86 valence electrons. The number of rotatable bonds is 5. The lowest BCUT2D eigenvalue weighted by Gasteiger charge is -2.31. The maximum atomic E-state index is 11.5. The van der Waals surface area contributed by atoms with Crippen LogP contribution in [-0.4, -0.2) is 46.6 Å². The molecule has 0 aromatic heterocycles. The second kappa shape index (κ2) is 5.07. The van der Waals surface area contributed by atoms with Gasteiger partial charge in [-0.3, -0.25) is 4.79 Å². The summed E-state index contributed by atoms with van der Waals surface area (Å²) in [6.07, 6.45) is 0. The number of carbonyl (C=O) groups excluding carboxylic acids is 1. The summed E-state index contributed by atoms with van der Waals surface area (Å²) in [4.78, 5) is 11.5. The summed E-state index contributed by atoms with van der Waals surface area (Å²) in [6, 6.07) is 1.78. The fourth-order valence-electron chi connectivity index (χ4n) is 0.716. The highest BCUT2D eigenvalue weighted by molar-refractivity contribution is 5.85. The summed E-state index contributed by atoms with van der Waals surface area (Å²) < 4.78 is 0. The van der Waals surface area contributed by atoms with Crippen molar-refractivity contribution in [1.29, 1.82) is 5.26 Å². The summed E-state index contributed by atoms with van der Waals surface area (Å²) >= 11 is 0. The highest BCUT2D eigenvalue weighted by Gasteiger charge is 2.36. The first-order chi connectivity index (χ1) is 6.87. The monoisotopic (exact) mass is 216 g/mol. The smallest absolute Gasteiger partial charge is 0.240 e. The van der Waals surface area contributed by atoms with Crippen molar-refractivity contribution in [3.63, 3.8) is 0 Å². The fourth-order valence-corrected chi connectivity index (χ4v) is 0.716. The number of nitriles is 1. The Labute approximate surface area is 88.1 Å². The van der Waals surface area contributed by atoms with Gasteiger partial charge in [0.2, 0.25) is 5.91 Å². The molecule has 0 aromatic carbocycles. The number of aliphatic hydroxyl groups is 3. The molecule has 0 aliphatic rings. The minimum Gasteiger partial charge on any atom is -0.394 e. The third-order valence-electron chi connectivity index (χ3n) is 2.13. The van der Waals surface area contributed by atoms with Crippen LogP contribution in [0.5, 0.6) is 0 Å². The van der Waals surface area contributed by atoms with Crippen LogP contribution < -0.4 is 5.32 Å². The van der Waals surface area contributed by atoms with Crippen molar-refractivity contribution in [3.05, 3.63) is 0 Å². The van der Waals surface area contributed by atoms with E-state index in [-0.39, 0.29) is 0 Å². The zero-order valence-electron chi connectivity index (χ0n) is 8.82. The molecule has 0 fully saturated rings. The van der Waals surface area contributed by atoms with Gasteiger partial charge in [-0.2, -0.15) is 5.26 Å². The standard InChI is InChI=1S/C9H16N2O4/c1-8(2,3-10)7(15)11-9(4-12,5-13)6-14/h12-14H,4-6H2,1-2H3,(H,11,15). The van der Waals surface area contributed by atoms with Crippen LogP contribution in [0.4, 0.5) is 0 Å². The zero-order valence-corrected chi connectivity index (χ0v) is 8.82. The van der Waals surface area contributed by atoms with Gasteiger partial charge >= 0.3 is 0 Å². The van der Waals surface area contributed by atoms with Crippen LogP contribution in [0, 0.1) is 16.7 Å². The lowest BCUT2D eigenvalue weighted by atomic mass is 9.92. The van der Waals surface area contributed by atoms with Gasteiger partial charge < -0.3 is 20.6 Å². The summed E-state index contributed by atoms with van der Waals surface area (Å²) in [5.74, 6) is -0.651. The first-order valence-electron chi connectivity index (χ1n) is 4.44. The van der Waals surface area contributed by atoms with Gasteiger partial charge in [-0.05, 0) is 13.8 Å². The van der Waals surface area contributed by atoms with Crippen LogP contribution in [0.25, 0.3) is 0 Å². The minimum atomic E-state index is -1.48. The second-order valence-electron chi connectivity index (χ2n) is 3.95. The number of hydrogen-bond acceptors (Lipinski definition) is 5. The summed E-state index contributed by atoms with van der Waals surface area (Å²) in [5, 5.41) is 37.8. The van der Waals surface area contributed by atoms with Gasteiger partial charge in [-0.15, -0.1) is 0 Å². The van der Waals surface area contributed by atoms with Gasteiger partial charge in [0, 0.05) is 0 Å². The molecule has 6 nitrogen and oxygen atoms in total. The van der Waals surface area contributed by atoms with Crippen molar-refractivity contribution in [2.24, 2.45) is 5.41 Å². The van der Waals surface area contributed by atoms with E-state index in [4.69, 9.17) is 20.6 Å². The molecule has 15 heavy (non-hydrogen) atoms. The third-order valence-corrected chi connectivity index (χ3v) is 2.13. The summed E-state index contributed by atoms with van der Waals surface area (Å²) in [7, 11) is 0. The van der Waals surface area contributed by atoms with E-state index in [2.05, 4.69) is 5.32 Å². The molecule has 0 saturated carbocycles. The average molecular weight is 216 g/mol. The molecule has 4 N–H and O–H groups in total. The van der Waals surface area contributed by atoms with Gasteiger partial charge in [-0.25, -0.2) is 0 Å². The average Bonchev–Trinajstić information content (AvgIpc) is 2.25. The van der Waals surface area contributed by atoms with Crippen LogP contribution in [0.2, 0.25) is 0 Å². The number of hydrogen-bond donors (Lipinski definition) is 4. The van der Waals surface area contributed by atoms with Crippen molar-refractivity contribution in [2.75, 3.05) is 19.8 Å². The Bertz CT molecular complexity index is 258. The first kappa shape index (κ1) is 13.8. The normalized spacial score (nSPS) is 12.0. The van der Waals surface area contributed by atoms with E-state index in [1.54, 1.807) is 6.07 Å². The predicted molar refractivity (Wildman–Crippen MR) is 51.5 cm³/mol. The number of nitrogens with one attached hydrogen (secondary N) is 1. The molecule has 0 bridgehead atoms. The molecular formula is C9H16N2O4. The summed E-state index contributed by atoms with van der Waals surface area (Å²) in [6.45, 7) is 0.992. The minimum absolute atomic E-state index is 0.604. The Hall–Kier alpha value is -1.16. The van der Waals surface area contributed by atoms with E-state index in [0.29, 0.717) is 0 Å². The Morgan fingerprint density at radius 1 is 1.27 bits per heavy atom. The molecule has 0 heterocycles. The summed E-state index contributed by atoms with van der Waals surface area (Å²) in [5.41, 5.74) is -2.75. The number of amides is 1. The molecule has 0 rings (SSSR count). The second-order valence-corrected chi connectivity index (χ2v) is 3.95. The molecule has 0 unspecified atom stereocenters. The Morgan fingerprint density at radius 3 is 1.93 bits per heavy atom. The van der Waals surface area contributed by atoms with Crippen molar-refractivity contribution in [3.8, 4) is 6.07 Å². The molecular weight excluding hydrogens is 200 g/mol. The molecule has 0 aliphatic heterocycles. The van der Waals surface area contributed by atoms with Crippen LogP contribution in [0.15, 0.2) is 0 Å². The van der Waals surface area contributed by atoms with Crippen molar-refractivity contribution in [2.45, 2.75) is 19.4 Å².